The van der Waals surface area contributed by atoms with E-state index in [2.05, 4.69) is 0 Å². The van der Waals surface area contributed by atoms with Crippen molar-refractivity contribution in [3.63, 3.8) is 0 Å². The number of carbonyl (C=O) groups is 1. The van der Waals surface area contributed by atoms with Crippen molar-refractivity contribution < 1.29 is 9.53 Å². The first kappa shape index (κ1) is 17.8. The Morgan fingerprint density at radius 3 is 2.95 bits per heavy atom. The van der Waals surface area contributed by atoms with Crippen molar-refractivity contribution in [3.05, 3.63) is 29.8 Å². The van der Waals surface area contributed by atoms with Crippen molar-refractivity contribution in [1.82, 2.24) is 4.90 Å². The minimum atomic E-state index is 0. The number of hydrogen-bond acceptors (Lipinski definition) is 3. The summed E-state index contributed by atoms with van der Waals surface area (Å²) in [5, 5.41) is 0. The monoisotopic (exact) mass is 312 g/mol. The van der Waals surface area contributed by atoms with E-state index in [0.29, 0.717) is 25.5 Å². The van der Waals surface area contributed by atoms with Crippen molar-refractivity contribution in [2.75, 3.05) is 26.2 Å². The van der Waals surface area contributed by atoms with E-state index in [9.17, 15) is 4.79 Å². The zero-order valence-corrected chi connectivity index (χ0v) is 13.4. The summed E-state index contributed by atoms with van der Waals surface area (Å²) in [6.07, 6.45) is 2.36. The molecule has 1 saturated heterocycles. The van der Waals surface area contributed by atoms with Gasteiger partial charge in [0.1, 0.15) is 5.75 Å². The molecule has 4 nitrogen and oxygen atoms in total. The highest BCUT2D eigenvalue weighted by atomic mass is 35.5. The first-order chi connectivity index (χ1) is 9.69. The zero-order chi connectivity index (χ0) is 14.4. The van der Waals surface area contributed by atoms with Gasteiger partial charge < -0.3 is 15.4 Å². The van der Waals surface area contributed by atoms with Crippen LogP contribution in [0.15, 0.2) is 24.3 Å². The molecule has 5 heteroatoms. The molecule has 0 bridgehead atoms. The number of ether oxygens (including phenoxy) is 1. The average molecular weight is 313 g/mol. The number of aryl methyl sites for hydroxylation is 1. The molecule has 2 rings (SSSR count). The molecule has 21 heavy (non-hydrogen) atoms. The highest BCUT2D eigenvalue weighted by molar-refractivity contribution is 5.85. The molecule has 1 heterocycles. The largest absolute Gasteiger partial charge is 0.494 e. The molecular formula is C16H25ClN2O2. The van der Waals surface area contributed by atoms with E-state index in [4.69, 9.17) is 10.5 Å². The molecule has 1 amide bonds. The molecule has 1 unspecified atom stereocenters. The SMILES string of the molecule is Cc1cccc(OCCCC(=O)N2CCC(CN)C2)c1.Cl. The summed E-state index contributed by atoms with van der Waals surface area (Å²) in [7, 11) is 0. The van der Waals surface area contributed by atoms with Crippen molar-refractivity contribution in [1.29, 1.82) is 0 Å². The number of halogens is 1. The molecule has 1 aromatic carbocycles. The van der Waals surface area contributed by atoms with Crippen molar-refractivity contribution >= 4 is 18.3 Å². The van der Waals surface area contributed by atoms with Crippen LogP contribution in [-0.2, 0) is 4.79 Å². The van der Waals surface area contributed by atoms with E-state index in [-0.39, 0.29) is 18.3 Å². The lowest BCUT2D eigenvalue weighted by Gasteiger charge is -2.16. The maximum Gasteiger partial charge on any atom is 0.222 e. The smallest absolute Gasteiger partial charge is 0.222 e. The Hall–Kier alpha value is -1.26. The Bertz CT molecular complexity index is 454. The standard InChI is InChI=1S/C16H24N2O2.ClH/c1-13-4-2-5-15(10-13)20-9-3-6-16(19)18-8-7-14(11-17)12-18;/h2,4-5,10,14H,3,6-9,11-12,17H2,1H3;1H. The fraction of sp³-hybridized carbons (Fsp3) is 0.562. The molecule has 0 spiro atoms. The van der Waals surface area contributed by atoms with Crippen LogP contribution in [0, 0.1) is 12.8 Å². The highest BCUT2D eigenvalue weighted by Crippen LogP contribution is 2.16. The molecule has 0 aliphatic carbocycles. The van der Waals surface area contributed by atoms with Crippen LogP contribution < -0.4 is 10.5 Å². The lowest BCUT2D eigenvalue weighted by atomic mass is 10.1. The molecule has 0 aromatic heterocycles. The van der Waals surface area contributed by atoms with Crippen molar-refractivity contribution in [3.8, 4) is 5.75 Å². The van der Waals surface area contributed by atoms with Gasteiger partial charge in [-0.15, -0.1) is 12.4 Å². The number of nitrogens with two attached hydrogens (primary N) is 1. The maximum absolute atomic E-state index is 12.0. The van der Waals surface area contributed by atoms with Crippen LogP contribution in [0.1, 0.15) is 24.8 Å². The van der Waals surface area contributed by atoms with E-state index in [1.54, 1.807) is 0 Å². The zero-order valence-electron chi connectivity index (χ0n) is 12.6. The second-order valence-electron chi connectivity index (χ2n) is 5.50. The summed E-state index contributed by atoms with van der Waals surface area (Å²) in [4.78, 5) is 13.9. The van der Waals surface area contributed by atoms with Crippen LogP contribution >= 0.6 is 12.4 Å². The van der Waals surface area contributed by atoms with Crippen LogP contribution in [0.25, 0.3) is 0 Å². The first-order valence-corrected chi connectivity index (χ1v) is 7.36. The van der Waals surface area contributed by atoms with Gasteiger partial charge in [0, 0.05) is 19.5 Å². The van der Waals surface area contributed by atoms with Gasteiger partial charge in [-0.05, 0) is 49.9 Å². The number of likely N-dealkylation sites (tertiary alicyclic amines) is 1. The van der Waals surface area contributed by atoms with Gasteiger partial charge >= 0.3 is 0 Å². The Morgan fingerprint density at radius 1 is 1.48 bits per heavy atom. The fourth-order valence-corrected chi connectivity index (χ4v) is 2.53. The molecule has 0 saturated carbocycles. The first-order valence-electron chi connectivity index (χ1n) is 7.36. The van der Waals surface area contributed by atoms with Crippen LogP contribution in [0.4, 0.5) is 0 Å². The Morgan fingerprint density at radius 2 is 2.29 bits per heavy atom. The van der Waals surface area contributed by atoms with Gasteiger partial charge in [-0.2, -0.15) is 0 Å². The third-order valence-corrected chi connectivity index (χ3v) is 3.77. The number of benzene rings is 1. The minimum Gasteiger partial charge on any atom is -0.494 e. The van der Waals surface area contributed by atoms with Crippen molar-refractivity contribution in [2.24, 2.45) is 11.7 Å². The van der Waals surface area contributed by atoms with Crippen LogP contribution in [0.5, 0.6) is 5.75 Å². The van der Waals surface area contributed by atoms with Crippen LogP contribution in [0.2, 0.25) is 0 Å². The molecule has 1 aliphatic rings. The van der Waals surface area contributed by atoms with Gasteiger partial charge in [0.2, 0.25) is 5.91 Å². The predicted octanol–water partition coefficient (Wildman–Crippen LogP) is 2.38. The van der Waals surface area contributed by atoms with E-state index >= 15 is 0 Å². The summed E-state index contributed by atoms with van der Waals surface area (Å²) < 4.78 is 5.65. The second kappa shape index (κ2) is 8.90. The number of nitrogens with zero attached hydrogens (tertiary/aromatic N) is 1. The number of amides is 1. The molecule has 0 radical (unpaired) electrons. The topological polar surface area (TPSA) is 55.6 Å². The quantitative estimate of drug-likeness (QED) is 0.821. The lowest BCUT2D eigenvalue weighted by molar-refractivity contribution is -0.130. The number of rotatable bonds is 6. The fourth-order valence-electron chi connectivity index (χ4n) is 2.53. The third kappa shape index (κ3) is 5.56. The highest BCUT2D eigenvalue weighted by Gasteiger charge is 2.24. The van der Waals surface area contributed by atoms with E-state index in [1.807, 2.05) is 36.1 Å². The Balaban J connectivity index is 0.00000220. The summed E-state index contributed by atoms with van der Waals surface area (Å²) >= 11 is 0. The molecule has 2 N–H and O–H groups in total. The Kier molecular flexibility index (Phi) is 7.54. The van der Waals surface area contributed by atoms with Gasteiger partial charge in [0.15, 0.2) is 0 Å². The summed E-state index contributed by atoms with van der Waals surface area (Å²) in [5.41, 5.74) is 6.82. The number of hydrogen-bond donors (Lipinski definition) is 1. The summed E-state index contributed by atoms with van der Waals surface area (Å²) in [6.45, 7) is 4.99. The normalized spacial score (nSPS) is 17.4. The molecule has 118 valence electrons. The van der Waals surface area contributed by atoms with Gasteiger partial charge in [0.25, 0.3) is 0 Å². The summed E-state index contributed by atoms with van der Waals surface area (Å²) in [5.74, 6) is 1.60. The Labute approximate surface area is 133 Å². The minimum absolute atomic E-state index is 0. The van der Waals surface area contributed by atoms with E-state index in [1.165, 1.54) is 5.56 Å². The lowest BCUT2D eigenvalue weighted by Crippen LogP contribution is -2.29. The maximum atomic E-state index is 12.0. The molecule has 1 aromatic rings. The van der Waals surface area contributed by atoms with Gasteiger partial charge in [-0.3, -0.25) is 4.79 Å². The van der Waals surface area contributed by atoms with Crippen LogP contribution in [0.3, 0.4) is 0 Å². The van der Waals surface area contributed by atoms with Gasteiger partial charge in [-0.1, -0.05) is 12.1 Å². The van der Waals surface area contributed by atoms with E-state index in [0.717, 1.165) is 31.7 Å². The molecule has 1 aliphatic heterocycles. The molecular weight excluding hydrogens is 288 g/mol. The third-order valence-electron chi connectivity index (χ3n) is 3.77. The second-order valence-corrected chi connectivity index (χ2v) is 5.50. The summed E-state index contributed by atoms with van der Waals surface area (Å²) in [6, 6.07) is 7.97. The van der Waals surface area contributed by atoms with Crippen LogP contribution in [-0.4, -0.2) is 37.0 Å². The van der Waals surface area contributed by atoms with E-state index < -0.39 is 0 Å². The molecule has 1 fully saturated rings. The molecule has 1 atom stereocenters. The number of carbonyl (C=O) groups excluding carboxylic acids is 1. The van der Waals surface area contributed by atoms with Crippen molar-refractivity contribution in [2.45, 2.75) is 26.2 Å². The predicted molar refractivity (Wildman–Crippen MR) is 86.9 cm³/mol. The van der Waals surface area contributed by atoms with Gasteiger partial charge in [-0.25, -0.2) is 0 Å². The van der Waals surface area contributed by atoms with Gasteiger partial charge in [0.05, 0.1) is 6.61 Å². The average Bonchev–Trinajstić information content (AvgIpc) is 2.92.